The van der Waals surface area contributed by atoms with Crippen LogP contribution in [0.2, 0.25) is 0 Å². The minimum atomic E-state index is -4.40. The van der Waals surface area contributed by atoms with Crippen LogP contribution < -0.4 is 0 Å². The highest BCUT2D eigenvalue weighted by atomic mass is 79.9. The predicted molar refractivity (Wildman–Crippen MR) is 54.6 cm³/mol. The summed E-state index contributed by atoms with van der Waals surface area (Å²) in [6, 6.07) is 5.27. The zero-order chi connectivity index (χ0) is 11.8. The fourth-order valence-corrected chi connectivity index (χ4v) is 1.75. The maximum Gasteiger partial charge on any atom is 0.417 e. The van der Waals surface area contributed by atoms with Crippen molar-refractivity contribution in [2.24, 2.45) is 0 Å². The lowest BCUT2D eigenvalue weighted by atomic mass is 10.0. The number of halogens is 4. The van der Waals surface area contributed by atoms with Crippen molar-refractivity contribution in [3.8, 4) is 11.1 Å². The maximum atomic E-state index is 12.7. The van der Waals surface area contributed by atoms with Crippen LogP contribution in [-0.4, -0.2) is 5.16 Å². The maximum absolute atomic E-state index is 12.7. The van der Waals surface area contributed by atoms with Crippen molar-refractivity contribution in [3.63, 3.8) is 0 Å². The van der Waals surface area contributed by atoms with E-state index in [1.807, 2.05) is 0 Å². The lowest BCUT2D eigenvalue weighted by Gasteiger charge is -2.10. The molecule has 0 aliphatic heterocycles. The van der Waals surface area contributed by atoms with E-state index < -0.39 is 11.7 Å². The van der Waals surface area contributed by atoms with Crippen LogP contribution in [0.25, 0.3) is 11.1 Å². The average molecular weight is 292 g/mol. The standard InChI is InChI=1S/C10H5BrF3NO/c11-9-7(5-16-15-9)6-3-1-2-4-8(6)10(12,13)14/h1-5H. The van der Waals surface area contributed by atoms with Crippen LogP contribution in [0.4, 0.5) is 13.2 Å². The van der Waals surface area contributed by atoms with Gasteiger partial charge in [0.25, 0.3) is 0 Å². The van der Waals surface area contributed by atoms with Gasteiger partial charge in [-0.1, -0.05) is 23.4 Å². The summed E-state index contributed by atoms with van der Waals surface area (Å²) >= 11 is 3.03. The van der Waals surface area contributed by atoms with Gasteiger partial charge in [0.1, 0.15) is 6.26 Å². The first kappa shape index (κ1) is 11.2. The zero-order valence-electron chi connectivity index (χ0n) is 7.75. The average Bonchev–Trinajstić information content (AvgIpc) is 2.63. The van der Waals surface area contributed by atoms with Gasteiger partial charge in [-0.25, -0.2) is 0 Å². The first-order valence-electron chi connectivity index (χ1n) is 4.26. The van der Waals surface area contributed by atoms with E-state index in [0.29, 0.717) is 0 Å². The molecule has 0 fully saturated rings. The second-order valence-electron chi connectivity index (χ2n) is 3.06. The van der Waals surface area contributed by atoms with Crippen molar-refractivity contribution in [1.82, 2.24) is 5.16 Å². The van der Waals surface area contributed by atoms with E-state index >= 15 is 0 Å². The highest BCUT2D eigenvalue weighted by Gasteiger charge is 2.34. The summed E-state index contributed by atoms with van der Waals surface area (Å²) in [4.78, 5) is 0. The molecular formula is C10H5BrF3NO. The van der Waals surface area contributed by atoms with Crippen molar-refractivity contribution < 1.29 is 17.7 Å². The smallest absolute Gasteiger partial charge is 0.363 e. The third-order valence-electron chi connectivity index (χ3n) is 2.05. The normalized spacial score (nSPS) is 11.8. The topological polar surface area (TPSA) is 26.0 Å². The molecule has 0 atom stereocenters. The predicted octanol–water partition coefficient (Wildman–Crippen LogP) is 4.12. The molecule has 0 aliphatic carbocycles. The Morgan fingerprint density at radius 3 is 2.38 bits per heavy atom. The van der Waals surface area contributed by atoms with E-state index in [4.69, 9.17) is 0 Å². The van der Waals surface area contributed by atoms with Crippen molar-refractivity contribution in [2.75, 3.05) is 0 Å². The highest BCUT2D eigenvalue weighted by Crippen LogP contribution is 2.38. The van der Waals surface area contributed by atoms with Gasteiger partial charge in [-0.2, -0.15) is 13.2 Å². The van der Waals surface area contributed by atoms with Crippen molar-refractivity contribution >= 4 is 15.9 Å². The molecule has 16 heavy (non-hydrogen) atoms. The van der Waals surface area contributed by atoms with E-state index in [1.165, 1.54) is 24.5 Å². The summed E-state index contributed by atoms with van der Waals surface area (Å²) in [7, 11) is 0. The molecule has 84 valence electrons. The number of alkyl halides is 3. The van der Waals surface area contributed by atoms with E-state index in [-0.39, 0.29) is 15.7 Å². The quantitative estimate of drug-likeness (QED) is 0.790. The Kier molecular flexibility index (Phi) is 2.75. The Morgan fingerprint density at radius 2 is 1.81 bits per heavy atom. The largest absolute Gasteiger partial charge is 0.417 e. The van der Waals surface area contributed by atoms with Crippen LogP contribution in [0.15, 0.2) is 39.7 Å². The van der Waals surface area contributed by atoms with Crippen molar-refractivity contribution in [3.05, 3.63) is 40.7 Å². The third kappa shape index (κ3) is 1.97. The van der Waals surface area contributed by atoms with Gasteiger partial charge >= 0.3 is 6.18 Å². The molecule has 6 heteroatoms. The van der Waals surface area contributed by atoms with E-state index in [2.05, 4.69) is 25.6 Å². The van der Waals surface area contributed by atoms with Gasteiger partial charge in [-0.3, -0.25) is 0 Å². The molecule has 1 aromatic heterocycles. The van der Waals surface area contributed by atoms with Crippen LogP contribution in [0.1, 0.15) is 5.56 Å². The lowest BCUT2D eigenvalue weighted by molar-refractivity contribution is -0.137. The zero-order valence-corrected chi connectivity index (χ0v) is 9.34. The summed E-state index contributed by atoms with van der Waals surface area (Å²) in [6.07, 6.45) is -3.22. The SMILES string of the molecule is FC(F)(F)c1ccccc1-c1conc1Br. The molecule has 0 aliphatic rings. The Labute approximate surface area is 97.2 Å². The van der Waals surface area contributed by atoms with Gasteiger partial charge in [0, 0.05) is 0 Å². The van der Waals surface area contributed by atoms with E-state index in [9.17, 15) is 13.2 Å². The first-order valence-corrected chi connectivity index (χ1v) is 5.06. The Balaban J connectivity index is 2.62. The molecule has 0 bridgehead atoms. The molecule has 2 rings (SSSR count). The van der Waals surface area contributed by atoms with Crippen LogP contribution in [0.5, 0.6) is 0 Å². The highest BCUT2D eigenvalue weighted by molar-refractivity contribution is 9.10. The van der Waals surface area contributed by atoms with E-state index in [0.717, 1.165) is 6.07 Å². The molecule has 0 amide bonds. The Hall–Kier alpha value is -1.30. The fraction of sp³-hybridized carbons (Fsp3) is 0.100. The number of rotatable bonds is 1. The number of hydrogen-bond donors (Lipinski definition) is 0. The van der Waals surface area contributed by atoms with Crippen LogP contribution in [0, 0.1) is 0 Å². The van der Waals surface area contributed by atoms with Gasteiger partial charge in [0.05, 0.1) is 11.1 Å². The van der Waals surface area contributed by atoms with Gasteiger partial charge in [-0.05, 0) is 27.6 Å². The molecule has 0 spiro atoms. The Bertz CT molecular complexity index is 507. The lowest BCUT2D eigenvalue weighted by Crippen LogP contribution is -2.06. The van der Waals surface area contributed by atoms with Gasteiger partial charge in [0.2, 0.25) is 0 Å². The van der Waals surface area contributed by atoms with Crippen molar-refractivity contribution in [1.29, 1.82) is 0 Å². The molecular weight excluding hydrogens is 287 g/mol. The fourth-order valence-electron chi connectivity index (χ4n) is 1.36. The van der Waals surface area contributed by atoms with Gasteiger partial charge in [-0.15, -0.1) is 0 Å². The third-order valence-corrected chi connectivity index (χ3v) is 2.62. The summed E-state index contributed by atoms with van der Waals surface area (Å²) in [5, 5.41) is 3.49. The summed E-state index contributed by atoms with van der Waals surface area (Å²) < 4.78 is 43.0. The van der Waals surface area contributed by atoms with Crippen LogP contribution in [0.3, 0.4) is 0 Å². The Morgan fingerprint density at radius 1 is 1.12 bits per heavy atom. The molecule has 2 nitrogen and oxygen atoms in total. The molecule has 0 unspecified atom stereocenters. The monoisotopic (exact) mass is 291 g/mol. The number of benzene rings is 1. The summed E-state index contributed by atoms with van der Waals surface area (Å²) in [5.41, 5.74) is -0.380. The molecule has 1 heterocycles. The van der Waals surface area contributed by atoms with E-state index in [1.54, 1.807) is 0 Å². The summed E-state index contributed by atoms with van der Waals surface area (Å²) in [6.45, 7) is 0. The first-order chi connectivity index (χ1) is 7.50. The molecule has 2 aromatic rings. The second-order valence-corrected chi connectivity index (χ2v) is 3.81. The van der Waals surface area contributed by atoms with Crippen LogP contribution in [-0.2, 0) is 6.18 Å². The molecule has 0 N–H and O–H groups in total. The van der Waals surface area contributed by atoms with Gasteiger partial charge < -0.3 is 4.52 Å². The van der Waals surface area contributed by atoms with Gasteiger partial charge in [0.15, 0.2) is 4.60 Å². The minimum Gasteiger partial charge on any atom is -0.363 e. The number of aromatic nitrogens is 1. The molecule has 0 saturated carbocycles. The molecule has 0 saturated heterocycles. The number of hydrogen-bond acceptors (Lipinski definition) is 2. The molecule has 0 radical (unpaired) electrons. The number of nitrogens with zero attached hydrogens (tertiary/aromatic N) is 1. The molecule has 1 aromatic carbocycles. The summed E-state index contributed by atoms with van der Waals surface area (Å²) in [5.74, 6) is 0. The minimum absolute atomic E-state index is 0.0446. The van der Waals surface area contributed by atoms with Crippen molar-refractivity contribution in [2.45, 2.75) is 6.18 Å². The van der Waals surface area contributed by atoms with Crippen LogP contribution >= 0.6 is 15.9 Å². The second kappa shape index (κ2) is 3.93.